The van der Waals surface area contributed by atoms with Crippen LogP contribution in [0.25, 0.3) is 10.8 Å². The molecule has 0 bridgehead atoms. The van der Waals surface area contributed by atoms with Crippen molar-refractivity contribution in [2.45, 2.75) is 44.7 Å². The number of pyridine rings is 1. The van der Waals surface area contributed by atoms with Crippen molar-refractivity contribution in [1.82, 2.24) is 15.0 Å². The van der Waals surface area contributed by atoms with Gasteiger partial charge in [-0.15, -0.1) is 0 Å². The summed E-state index contributed by atoms with van der Waals surface area (Å²) in [6.45, 7) is 6.68. The highest BCUT2D eigenvalue weighted by Gasteiger charge is 2.32. The van der Waals surface area contributed by atoms with Crippen molar-refractivity contribution in [2.24, 2.45) is 5.92 Å². The predicted octanol–water partition coefficient (Wildman–Crippen LogP) is 5.91. The molecule has 5 nitrogen and oxygen atoms in total. The Kier molecular flexibility index (Phi) is 5.93. The fourth-order valence-corrected chi connectivity index (χ4v) is 5.41. The monoisotopic (exact) mass is 451 g/mol. The van der Waals surface area contributed by atoms with E-state index in [1.54, 1.807) is 6.20 Å². The number of anilines is 3. The third-order valence-electron chi connectivity index (χ3n) is 6.61. The molecule has 3 aromatic rings. The van der Waals surface area contributed by atoms with E-state index in [1.807, 2.05) is 24.0 Å². The molecule has 2 aliphatic rings. The normalized spacial score (nSPS) is 21.0. The molecule has 1 aromatic carbocycles. The minimum atomic E-state index is -0.714. The molecule has 3 heterocycles. The Hall–Kier alpha value is -2.41. The number of halogens is 1. The molecule has 1 N–H and O–H groups in total. The number of thioether (sulfide) groups is 1. The Labute approximate surface area is 193 Å². The Morgan fingerprint density at radius 3 is 2.66 bits per heavy atom. The lowest BCUT2D eigenvalue weighted by Gasteiger charge is -2.41. The van der Waals surface area contributed by atoms with Gasteiger partial charge in [0.15, 0.2) is 0 Å². The molecule has 1 saturated carbocycles. The van der Waals surface area contributed by atoms with Crippen LogP contribution in [0.1, 0.15) is 49.9 Å². The highest BCUT2D eigenvalue weighted by atomic mass is 32.2. The van der Waals surface area contributed by atoms with Gasteiger partial charge in [-0.25, -0.2) is 19.3 Å². The van der Waals surface area contributed by atoms with Crippen LogP contribution in [0.15, 0.2) is 36.7 Å². The van der Waals surface area contributed by atoms with Crippen LogP contribution in [0, 0.1) is 5.92 Å². The van der Waals surface area contributed by atoms with Crippen molar-refractivity contribution in [1.29, 1.82) is 0 Å². The second kappa shape index (κ2) is 8.85. The average molecular weight is 452 g/mol. The molecule has 0 radical (unpaired) electrons. The summed E-state index contributed by atoms with van der Waals surface area (Å²) in [4.78, 5) is 16.1. The van der Waals surface area contributed by atoms with Gasteiger partial charge in [-0.1, -0.05) is 19.9 Å². The Balaban J connectivity index is 1.43. The third kappa shape index (κ3) is 4.15. The van der Waals surface area contributed by atoms with Crippen molar-refractivity contribution in [2.75, 3.05) is 35.3 Å². The van der Waals surface area contributed by atoms with Crippen LogP contribution in [0.4, 0.5) is 21.7 Å². The van der Waals surface area contributed by atoms with Crippen molar-refractivity contribution >= 4 is 39.9 Å². The smallest absolute Gasteiger partial charge is 0.135 e. The first-order valence-electron chi connectivity index (χ1n) is 11.4. The minimum Gasteiger partial charge on any atom is -0.370 e. The van der Waals surface area contributed by atoms with Gasteiger partial charge >= 0.3 is 0 Å². The van der Waals surface area contributed by atoms with Gasteiger partial charge in [-0.3, -0.25) is 0 Å². The van der Waals surface area contributed by atoms with E-state index in [0.717, 1.165) is 24.8 Å². The first-order valence-corrected chi connectivity index (χ1v) is 12.8. The molecule has 1 aliphatic heterocycles. The van der Waals surface area contributed by atoms with E-state index in [1.165, 1.54) is 27.8 Å². The number of hydrogen-bond donors (Lipinski definition) is 1. The lowest BCUT2D eigenvalue weighted by molar-refractivity contribution is 0.174. The summed E-state index contributed by atoms with van der Waals surface area (Å²) in [6, 6.07) is 8.50. The van der Waals surface area contributed by atoms with Gasteiger partial charge in [0.25, 0.3) is 0 Å². The molecule has 2 aromatic heterocycles. The van der Waals surface area contributed by atoms with E-state index in [0.29, 0.717) is 30.4 Å². The maximum atomic E-state index is 13.2. The highest BCUT2D eigenvalue weighted by molar-refractivity contribution is 7.98. The molecular formula is C25H30FN5S. The van der Waals surface area contributed by atoms with Crippen LogP contribution in [0.2, 0.25) is 0 Å². The van der Waals surface area contributed by atoms with E-state index >= 15 is 0 Å². The van der Waals surface area contributed by atoms with Crippen molar-refractivity contribution < 1.29 is 4.39 Å². The van der Waals surface area contributed by atoms with Crippen molar-refractivity contribution in [3.63, 3.8) is 0 Å². The molecule has 7 heteroatoms. The van der Waals surface area contributed by atoms with E-state index in [9.17, 15) is 4.39 Å². The highest BCUT2D eigenvalue weighted by Crippen LogP contribution is 2.38. The number of aromatic nitrogens is 3. The number of hydrogen-bond acceptors (Lipinski definition) is 6. The molecule has 0 atom stereocenters. The molecular weight excluding hydrogens is 421 g/mol. The van der Waals surface area contributed by atoms with Crippen LogP contribution in [-0.2, 0) is 0 Å². The van der Waals surface area contributed by atoms with Gasteiger partial charge in [0.2, 0.25) is 0 Å². The number of fused-ring (bicyclic) bond motifs is 1. The Morgan fingerprint density at radius 1 is 1.12 bits per heavy atom. The molecule has 0 amide bonds. The SMILES string of the molecule is CSCC1CN(c2ccc(C(C)C)c3cc(Nc4ccnc(C5CC(F)C5)n4)ncc23)C1. The number of alkyl halides is 1. The first kappa shape index (κ1) is 21.4. The summed E-state index contributed by atoms with van der Waals surface area (Å²) in [6.07, 6.45) is 6.23. The predicted molar refractivity (Wildman–Crippen MR) is 132 cm³/mol. The summed E-state index contributed by atoms with van der Waals surface area (Å²) >= 11 is 1.93. The van der Waals surface area contributed by atoms with Gasteiger partial charge in [0.1, 0.15) is 23.6 Å². The number of benzene rings is 1. The summed E-state index contributed by atoms with van der Waals surface area (Å²) in [5.74, 6) is 4.72. The van der Waals surface area contributed by atoms with Gasteiger partial charge in [-0.2, -0.15) is 11.8 Å². The quantitative estimate of drug-likeness (QED) is 0.482. The molecule has 0 spiro atoms. The Bertz CT molecular complexity index is 1110. The average Bonchev–Trinajstić information content (AvgIpc) is 2.73. The van der Waals surface area contributed by atoms with Gasteiger partial charge in [0.05, 0.1) is 0 Å². The fraction of sp³-hybridized carbons (Fsp3) is 0.480. The molecule has 1 saturated heterocycles. The lowest BCUT2D eigenvalue weighted by atomic mass is 9.83. The van der Waals surface area contributed by atoms with Crippen LogP contribution in [-0.4, -0.2) is 46.2 Å². The second-order valence-corrected chi connectivity index (χ2v) is 10.3. The first-order chi connectivity index (χ1) is 15.5. The van der Waals surface area contributed by atoms with E-state index < -0.39 is 6.17 Å². The van der Waals surface area contributed by atoms with Gasteiger partial charge < -0.3 is 10.2 Å². The molecule has 2 fully saturated rings. The van der Waals surface area contributed by atoms with E-state index in [2.05, 4.69) is 58.5 Å². The van der Waals surface area contributed by atoms with Crippen LogP contribution in [0.5, 0.6) is 0 Å². The van der Waals surface area contributed by atoms with Crippen molar-refractivity contribution in [3.8, 4) is 0 Å². The van der Waals surface area contributed by atoms with Crippen molar-refractivity contribution in [3.05, 3.63) is 48.0 Å². The zero-order valence-electron chi connectivity index (χ0n) is 18.9. The minimum absolute atomic E-state index is 0.123. The van der Waals surface area contributed by atoms with Crippen LogP contribution in [0.3, 0.4) is 0 Å². The zero-order valence-corrected chi connectivity index (χ0v) is 19.7. The van der Waals surface area contributed by atoms with Crippen LogP contribution < -0.4 is 10.2 Å². The molecule has 5 rings (SSSR count). The molecule has 0 unspecified atom stereocenters. The number of nitrogens with zero attached hydrogens (tertiary/aromatic N) is 4. The molecule has 32 heavy (non-hydrogen) atoms. The topological polar surface area (TPSA) is 53.9 Å². The third-order valence-corrected chi connectivity index (χ3v) is 7.41. The maximum Gasteiger partial charge on any atom is 0.135 e. The summed E-state index contributed by atoms with van der Waals surface area (Å²) in [5.41, 5.74) is 2.60. The number of nitrogens with one attached hydrogen (secondary N) is 1. The number of rotatable bonds is 7. The largest absolute Gasteiger partial charge is 0.370 e. The Morgan fingerprint density at radius 2 is 1.94 bits per heavy atom. The van der Waals surface area contributed by atoms with E-state index in [-0.39, 0.29) is 5.92 Å². The zero-order chi connectivity index (χ0) is 22.2. The van der Waals surface area contributed by atoms with E-state index in [4.69, 9.17) is 4.98 Å². The fourth-order valence-electron chi connectivity index (χ4n) is 4.73. The summed E-state index contributed by atoms with van der Waals surface area (Å²) < 4.78 is 13.2. The summed E-state index contributed by atoms with van der Waals surface area (Å²) in [5, 5.41) is 5.78. The maximum absolute atomic E-state index is 13.2. The second-order valence-electron chi connectivity index (χ2n) is 9.36. The van der Waals surface area contributed by atoms with Gasteiger partial charge in [0, 0.05) is 48.4 Å². The molecule has 1 aliphatic carbocycles. The summed E-state index contributed by atoms with van der Waals surface area (Å²) in [7, 11) is 0. The standard InChI is InChI=1S/C25H30FN5S/c1-15(2)19-4-5-22(31-12-16(13-31)14-32-3)21-11-28-24(10-20(19)21)29-23-6-7-27-25(30-23)17-8-18(26)9-17/h4-7,10-11,15-18H,8-9,12-14H2,1-3H3,(H,27,28,29,30). The molecule has 168 valence electrons. The lowest BCUT2D eigenvalue weighted by Crippen LogP contribution is -2.48. The van der Waals surface area contributed by atoms with Crippen LogP contribution >= 0.6 is 11.8 Å². The van der Waals surface area contributed by atoms with Gasteiger partial charge in [-0.05, 0) is 59.9 Å².